The van der Waals surface area contributed by atoms with Gasteiger partial charge in [-0.1, -0.05) is 65.0 Å². The van der Waals surface area contributed by atoms with Gasteiger partial charge in [-0.25, -0.2) is 18.0 Å². The normalized spacial score (nSPS) is 39.5. The van der Waals surface area contributed by atoms with Gasteiger partial charge < -0.3 is 20.1 Å². The number of alkyl carbamates (subject to hydrolysis) is 1. The smallest absolute Gasteiger partial charge is 0.407 e. The van der Waals surface area contributed by atoms with Crippen LogP contribution >= 0.6 is 0 Å². The highest BCUT2D eigenvalue weighted by molar-refractivity contribution is 7.91. The molecule has 7 rings (SSSR count). The van der Waals surface area contributed by atoms with Crippen molar-refractivity contribution in [3.63, 3.8) is 0 Å². The zero-order valence-electron chi connectivity index (χ0n) is 33.8. The molecular formula is C45H66N2O6S. The van der Waals surface area contributed by atoms with Crippen LogP contribution in [0.25, 0.3) is 5.57 Å². The van der Waals surface area contributed by atoms with Crippen LogP contribution in [-0.4, -0.2) is 74.8 Å². The monoisotopic (exact) mass is 762 g/mol. The van der Waals surface area contributed by atoms with Crippen LogP contribution in [0.5, 0.6) is 0 Å². The quantitative estimate of drug-likeness (QED) is 0.191. The van der Waals surface area contributed by atoms with Crippen molar-refractivity contribution in [2.75, 3.05) is 44.3 Å². The first-order chi connectivity index (χ1) is 25.4. The first-order valence-electron chi connectivity index (χ1n) is 20.9. The Morgan fingerprint density at radius 3 is 2.30 bits per heavy atom. The highest BCUT2D eigenvalue weighted by Crippen LogP contribution is 2.77. The third-order valence-corrected chi connectivity index (χ3v) is 18.7. The molecule has 8 nitrogen and oxygen atoms in total. The fraction of sp³-hybridized carbons (Fsp3) is 0.733. The minimum absolute atomic E-state index is 0.0218. The Kier molecular flexibility index (Phi) is 10.3. The number of nitrogens with one attached hydrogen (secondary N) is 1. The highest BCUT2D eigenvalue weighted by atomic mass is 32.2. The molecule has 1 heterocycles. The number of ether oxygens (including phenoxy) is 1. The second-order valence-corrected chi connectivity index (χ2v) is 22.1. The first-order valence-corrected chi connectivity index (χ1v) is 22.7. The van der Waals surface area contributed by atoms with Crippen LogP contribution in [0.2, 0.25) is 0 Å². The van der Waals surface area contributed by atoms with Crippen molar-refractivity contribution in [2.45, 2.75) is 106 Å². The Morgan fingerprint density at radius 1 is 0.926 bits per heavy atom. The molecule has 298 valence electrons. The van der Waals surface area contributed by atoms with Gasteiger partial charge in [-0.15, -0.1) is 0 Å². The lowest BCUT2D eigenvalue weighted by atomic mass is 9.32. The Bertz CT molecular complexity index is 1770. The van der Waals surface area contributed by atoms with E-state index in [0.29, 0.717) is 67.8 Å². The molecule has 0 bridgehead atoms. The van der Waals surface area contributed by atoms with Crippen LogP contribution in [0.4, 0.5) is 4.79 Å². The van der Waals surface area contributed by atoms with Gasteiger partial charge >= 0.3 is 12.1 Å². The number of carboxylic acids is 1. The van der Waals surface area contributed by atoms with E-state index in [2.05, 4.69) is 64.4 Å². The first kappa shape index (κ1) is 39.6. The van der Waals surface area contributed by atoms with Gasteiger partial charge in [0.25, 0.3) is 0 Å². The minimum atomic E-state index is -2.90. The predicted molar refractivity (Wildman–Crippen MR) is 215 cm³/mol. The van der Waals surface area contributed by atoms with Crippen molar-refractivity contribution < 1.29 is 27.9 Å². The lowest BCUT2D eigenvalue weighted by Gasteiger charge is -2.72. The summed E-state index contributed by atoms with van der Waals surface area (Å²) in [5.74, 6) is 2.27. The summed E-state index contributed by atoms with van der Waals surface area (Å²) in [4.78, 5) is 26.8. The molecule has 1 aromatic rings. The van der Waals surface area contributed by atoms with Crippen LogP contribution in [0.1, 0.15) is 122 Å². The Hall–Kier alpha value is -2.65. The Balaban J connectivity index is 1.06. The second-order valence-electron chi connectivity index (χ2n) is 19.8. The zero-order valence-corrected chi connectivity index (χ0v) is 34.7. The summed E-state index contributed by atoms with van der Waals surface area (Å²) in [5, 5.41) is 12.8. The van der Waals surface area contributed by atoms with E-state index in [1.54, 1.807) is 12.1 Å². The van der Waals surface area contributed by atoms with E-state index in [-0.39, 0.29) is 44.7 Å². The van der Waals surface area contributed by atoms with Crippen molar-refractivity contribution in [3.05, 3.63) is 53.6 Å². The summed E-state index contributed by atoms with van der Waals surface area (Å²) in [5.41, 5.74) is 4.78. The molecular weight excluding hydrogens is 697 g/mol. The second kappa shape index (κ2) is 14.1. The maximum absolute atomic E-state index is 13.1. The van der Waals surface area contributed by atoms with Crippen molar-refractivity contribution in [3.8, 4) is 0 Å². The van der Waals surface area contributed by atoms with E-state index in [0.717, 1.165) is 37.8 Å². The van der Waals surface area contributed by atoms with E-state index < -0.39 is 15.8 Å². The largest absolute Gasteiger partial charge is 0.478 e. The number of carbonyl (C=O) groups excluding carboxylic acids is 1. The SMILES string of the molecule is C=C(C)[C@@H]1CC[C@]2(CNC(=O)OCCCN3CCS(=O)(=O)CC3)CC[C@]3(C)[C@H](CC[C@@H]4[C@@]5(C)CC=C(c6ccc(C(=O)O)cc6)C(C)(C)[C@@H]5CC[C@]43C)[C@@H]12. The standard InChI is InChI=1S/C45H66N2O6S/c1-30(2)33-15-20-45(29-46-40(50)53-26-8-23-47-24-27-54(51,52)28-25-47)22-21-43(6)35(38(33)45)13-14-37-42(5)18-16-34(31-9-11-32(12-10-31)39(48)49)41(3,4)36(42)17-19-44(37,43)7/h9-12,16,33,35-38H,1,8,13-15,17-29H2,2-7H3,(H,46,50)(H,48,49)/t33-,35+,36-,37+,38+,42-,43+,44+,45+/m0/s1. The topological polar surface area (TPSA) is 113 Å². The van der Waals surface area contributed by atoms with Crippen molar-refractivity contribution in [1.29, 1.82) is 0 Å². The molecule has 1 saturated heterocycles. The van der Waals surface area contributed by atoms with Crippen LogP contribution in [-0.2, 0) is 14.6 Å². The number of hydrogen-bond acceptors (Lipinski definition) is 6. The van der Waals surface area contributed by atoms with Crippen LogP contribution in [0.3, 0.4) is 0 Å². The van der Waals surface area contributed by atoms with Crippen molar-refractivity contribution in [1.82, 2.24) is 10.2 Å². The molecule has 9 atom stereocenters. The van der Waals surface area contributed by atoms with Gasteiger partial charge in [-0.3, -0.25) is 0 Å². The molecule has 0 aromatic heterocycles. The third kappa shape index (κ3) is 6.49. The summed E-state index contributed by atoms with van der Waals surface area (Å²) in [6.07, 6.45) is 13.4. The molecule has 0 unspecified atom stereocenters. The number of carboxylic acid groups (broad SMARTS) is 1. The average molecular weight is 763 g/mol. The number of amides is 1. The van der Waals surface area contributed by atoms with Gasteiger partial charge in [0.05, 0.1) is 23.7 Å². The number of aromatic carboxylic acids is 1. The van der Waals surface area contributed by atoms with Crippen LogP contribution in [0, 0.1) is 56.7 Å². The maximum atomic E-state index is 13.1. The summed E-state index contributed by atoms with van der Waals surface area (Å²) in [6, 6.07) is 7.52. The molecule has 5 aliphatic carbocycles. The maximum Gasteiger partial charge on any atom is 0.407 e. The van der Waals surface area contributed by atoms with E-state index in [1.165, 1.54) is 43.3 Å². The lowest BCUT2D eigenvalue weighted by Crippen LogP contribution is -2.66. The molecule has 54 heavy (non-hydrogen) atoms. The Morgan fingerprint density at radius 2 is 1.63 bits per heavy atom. The van der Waals surface area contributed by atoms with Gasteiger partial charge in [0, 0.05) is 26.2 Å². The van der Waals surface area contributed by atoms with Crippen molar-refractivity contribution in [2.24, 2.45) is 56.7 Å². The number of allylic oxidation sites excluding steroid dienone is 3. The van der Waals surface area contributed by atoms with E-state index in [1.807, 2.05) is 12.1 Å². The summed E-state index contributed by atoms with van der Waals surface area (Å²) >= 11 is 0. The molecule has 1 aromatic carbocycles. The molecule has 6 aliphatic rings. The van der Waals surface area contributed by atoms with Gasteiger partial charge in [-0.2, -0.15) is 0 Å². The fourth-order valence-corrected chi connectivity index (χ4v) is 15.5. The average Bonchev–Trinajstić information content (AvgIpc) is 3.50. The molecule has 2 N–H and O–H groups in total. The molecule has 1 amide bonds. The number of benzene rings is 1. The lowest BCUT2D eigenvalue weighted by molar-refractivity contribution is -0.225. The molecule has 4 saturated carbocycles. The number of fused-ring (bicyclic) bond motifs is 7. The number of carbonyl (C=O) groups is 2. The molecule has 0 radical (unpaired) electrons. The zero-order chi connectivity index (χ0) is 38.9. The summed E-state index contributed by atoms with van der Waals surface area (Å²) in [7, 11) is -2.90. The van der Waals surface area contributed by atoms with Crippen molar-refractivity contribution >= 4 is 27.5 Å². The summed E-state index contributed by atoms with van der Waals surface area (Å²) in [6.45, 7) is 22.4. The molecule has 0 spiro atoms. The Labute approximate surface area is 324 Å². The third-order valence-electron chi connectivity index (χ3n) is 17.1. The number of nitrogens with zero attached hydrogens (tertiary/aromatic N) is 1. The highest BCUT2D eigenvalue weighted by Gasteiger charge is 2.70. The molecule has 5 fully saturated rings. The van der Waals surface area contributed by atoms with Gasteiger partial charge in [-0.05, 0) is 151 Å². The predicted octanol–water partition coefficient (Wildman–Crippen LogP) is 8.88. The molecule has 1 aliphatic heterocycles. The molecule has 9 heteroatoms. The summed E-state index contributed by atoms with van der Waals surface area (Å²) < 4.78 is 29.2. The van der Waals surface area contributed by atoms with E-state index in [9.17, 15) is 23.1 Å². The number of rotatable bonds is 9. The minimum Gasteiger partial charge on any atom is -0.478 e. The van der Waals surface area contributed by atoms with Crippen LogP contribution < -0.4 is 5.32 Å². The van der Waals surface area contributed by atoms with Crippen LogP contribution in [0.15, 0.2) is 42.5 Å². The van der Waals surface area contributed by atoms with Gasteiger partial charge in [0.2, 0.25) is 0 Å². The number of hydrogen-bond donors (Lipinski definition) is 2. The van der Waals surface area contributed by atoms with E-state index >= 15 is 0 Å². The van der Waals surface area contributed by atoms with Gasteiger partial charge in [0.1, 0.15) is 0 Å². The number of sulfone groups is 1. The fourth-order valence-electron chi connectivity index (χ4n) is 14.2. The van der Waals surface area contributed by atoms with Gasteiger partial charge in [0.15, 0.2) is 9.84 Å². The van der Waals surface area contributed by atoms with E-state index in [4.69, 9.17) is 4.74 Å².